The molecular weight excluding hydrogens is 396 g/mol. The Morgan fingerprint density at radius 1 is 1.14 bits per heavy atom. The molecule has 0 radical (unpaired) electrons. The molecule has 0 bridgehead atoms. The molecule has 9 nitrogen and oxygen atoms in total. The Morgan fingerprint density at radius 3 is 2.31 bits per heavy atom. The first-order valence-corrected chi connectivity index (χ1v) is 11.4. The molecule has 3 rings (SSSR count). The minimum absolute atomic E-state index is 0.00158. The minimum atomic E-state index is -3.73. The van der Waals surface area contributed by atoms with Crippen molar-refractivity contribution in [2.24, 2.45) is 0 Å². The van der Waals surface area contributed by atoms with Gasteiger partial charge in [0.15, 0.2) is 0 Å². The van der Waals surface area contributed by atoms with Gasteiger partial charge in [-0.3, -0.25) is 14.9 Å². The van der Waals surface area contributed by atoms with Crippen molar-refractivity contribution in [3.8, 4) is 0 Å². The molecule has 2 heterocycles. The van der Waals surface area contributed by atoms with Crippen molar-refractivity contribution in [3.05, 3.63) is 28.3 Å². The van der Waals surface area contributed by atoms with Crippen LogP contribution in [0.2, 0.25) is 0 Å². The van der Waals surface area contributed by atoms with Gasteiger partial charge in [0.1, 0.15) is 5.69 Å². The highest BCUT2D eigenvalue weighted by Crippen LogP contribution is 2.34. The number of carbonyl (C=O) groups is 1. The Balaban J connectivity index is 1.82. The van der Waals surface area contributed by atoms with Crippen LogP contribution in [0.4, 0.5) is 11.4 Å². The first-order chi connectivity index (χ1) is 13.7. The second kappa shape index (κ2) is 8.66. The normalized spacial score (nSPS) is 19.2. The summed E-state index contributed by atoms with van der Waals surface area (Å²) in [7, 11) is -1.96. The monoisotopic (exact) mass is 424 g/mol. The Kier molecular flexibility index (Phi) is 6.42. The summed E-state index contributed by atoms with van der Waals surface area (Å²) in [6.07, 6.45) is 4.04. The van der Waals surface area contributed by atoms with E-state index in [1.807, 2.05) is 4.90 Å². The summed E-state index contributed by atoms with van der Waals surface area (Å²) in [5.41, 5.74) is 0.234. The van der Waals surface area contributed by atoms with Crippen LogP contribution in [0.15, 0.2) is 23.1 Å². The molecule has 2 fully saturated rings. The lowest BCUT2D eigenvalue weighted by molar-refractivity contribution is -0.384. The minimum Gasteiger partial charge on any atom is -0.366 e. The number of piperidine rings is 2. The number of amides is 1. The first-order valence-electron chi connectivity index (χ1n) is 9.98. The highest BCUT2D eigenvalue weighted by Gasteiger charge is 2.31. The Labute approximate surface area is 171 Å². The number of hydrogen-bond donors (Lipinski definition) is 0. The Hall–Kier alpha value is -2.20. The number of anilines is 1. The zero-order valence-electron chi connectivity index (χ0n) is 16.9. The van der Waals surface area contributed by atoms with E-state index in [9.17, 15) is 23.3 Å². The van der Waals surface area contributed by atoms with Crippen LogP contribution in [-0.4, -0.2) is 67.7 Å². The third-order valence-electron chi connectivity index (χ3n) is 5.95. The average Bonchev–Trinajstić information content (AvgIpc) is 2.73. The topological polar surface area (TPSA) is 104 Å². The number of rotatable bonds is 5. The third kappa shape index (κ3) is 4.53. The van der Waals surface area contributed by atoms with E-state index in [-0.39, 0.29) is 22.5 Å². The molecule has 0 atom stereocenters. The van der Waals surface area contributed by atoms with Crippen molar-refractivity contribution in [2.75, 3.05) is 38.1 Å². The molecule has 10 heteroatoms. The van der Waals surface area contributed by atoms with Crippen LogP contribution in [0.25, 0.3) is 0 Å². The van der Waals surface area contributed by atoms with Crippen LogP contribution < -0.4 is 4.90 Å². The number of sulfonamides is 1. The lowest BCUT2D eigenvalue weighted by atomic mass is 10.0. The van der Waals surface area contributed by atoms with Crippen LogP contribution in [0.3, 0.4) is 0 Å². The van der Waals surface area contributed by atoms with Gasteiger partial charge in [0.25, 0.3) is 5.69 Å². The molecule has 1 aromatic carbocycles. The van der Waals surface area contributed by atoms with Crippen molar-refractivity contribution >= 4 is 27.3 Å². The summed E-state index contributed by atoms with van der Waals surface area (Å²) >= 11 is 0. The number of benzene rings is 1. The number of nitro benzene ring substituents is 1. The fraction of sp³-hybridized carbons (Fsp3) is 0.632. The summed E-state index contributed by atoms with van der Waals surface area (Å²) < 4.78 is 27.2. The average molecular weight is 425 g/mol. The van der Waals surface area contributed by atoms with Gasteiger partial charge in [0, 0.05) is 52.3 Å². The molecule has 0 spiro atoms. The van der Waals surface area contributed by atoms with Crippen LogP contribution in [-0.2, 0) is 14.8 Å². The Bertz CT molecular complexity index is 875. The summed E-state index contributed by atoms with van der Waals surface area (Å²) in [4.78, 5) is 26.3. The number of nitrogens with zero attached hydrogens (tertiary/aromatic N) is 4. The molecule has 2 saturated heterocycles. The van der Waals surface area contributed by atoms with Crippen LogP contribution >= 0.6 is 0 Å². The van der Waals surface area contributed by atoms with Crippen LogP contribution in [0.1, 0.15) is 39.0 Å². The maximum atomic E-state index is 12.9. The molecule has 2 aliphatic heterocycles. The van der Waals surface area contributed by atoms with Crippen LogP contribution in [0, 0.1) is 10.1 Å². The van der Waals surface area contributed by atoms with E-state index >= 15 is 0 Å². The summed E-state index contributed by atoms with van der Waals surface area (Å²) in [6.45, 7) is 3.57. The van der Waals surface area contributed by atoms with Gasteiger partial charge in [0.05, 0.1) is 9.82 Å². The van der Waals surface area contributed by atoms with Gasteiger partial charge in [-0.15, -0.1) is 0 Å². The highest BCUT2D eigenvalue weighted by molar-refractivity contribution is 7.89. The molecular formula is C19H28N4O5S. The van der Waals surface area contributed by atoms with E-state index in [1.165, 1.54) is 23.4 Å². The van der Waals surface area contributed by atoms with Crippen molar-refractivity contribution < 1.29 is 18.1 Å². The maximum Gasteiger partial charge on any atom is 0.293 e. The van der Waals surface area contributed by atoms with Gasteiger partial charge < -0.3 is 9.80 Å². The molecule has 29 heavy (non-hydrogen) atoms. The van der Waals surface area contributed by atoms with Crippen molar-refractivity contribution in [2.45, 2.75) is 50.0 Å². The molecule has 160 valence electrons. The van der Waals surface area contributed by atoms with Gasteiger partial charge in [-0.2, -0.15) is 4.31 Å². The summed E-state index contributed by atoms with van der Waals surface area (Å²) in [5, 5.41) is 11.7. The van der Waals surface area contributed by atoms with Crippen molar-refractivity contribution in [1.29, 1.82) is 0 Å². The van der Waals surface area contributed by atoms with Gasteiger partial charge in [-0.1, -0.05) is 6.42 Å². The quantitative estimate of drug-likeness (QED) is 0.530. The summed E-state index contributed by atoms with van der Waals surface area (Å²) in [6, 6.07) is 4.32. The fourth-order valence-electron chi connectivity index (χ4n) is 4.08. The molecule has 0 aromatic heterocycles. The van der Waals surface area contributed by atoms with E-state index in [0.717, 1.165) is 19.3 Å². The summed E-state index contributed by atoms with van der Waals surface area (Å²) in [5.74, 6) is 0.00158. The van der Waals surface area contributed by atoms with Crippen molar-refractivity contribution in [1.82, 2.24) is 9.21 Å². The number of nitro groups is 1. The van der Waals surface area contributed by atoms with Crippen molar-refractivity contribution in [3.63, 3.8) is 0 Å². The third-order valence-corrected chi connectivity index (χ3v) is 7.84. The van der Waals surface area contributed by atoms with Gasteiger partial charge >= 0.3 is 0 Å². The van der Waals surface area contributed by atoms with Gasteiger partial charge in [-0.25, -0.2) is 8.42 Å². The zero-order valence-corrected chi connectivity index (χ0v) is 17.7. The molecule has 1 aromatic rings. The van der Waals surface area contributed by atoms with E-state index in [4.69, 9.17) is 0 Å². The molecule has 1 amide bonds. The highest BCUT2D eigenvalue weighted by atomic mass is 32.2. The smallest absolute Gasteiger partial charge is 0.293 e. The SMILES string of the molecule is CC(=O)N(C)C1CCN(c2ccc(S(=O)(=O)N3CCCCC3)cc2[N+](=O)[O-])CC1. The predicted octanol–water partition coefficient (Wildman–Crippen LogP) is 2.22. The predicted molar refractivity (Wildman–Crippen MR) is 109 cm³/mol. The van der Waals surface area contributed by atoms with E-state index in [0.29, 0.717) is 44.7 Å². The number of hydrogen-bond acceptors (Lipinski definition) is 6. The number of carbonyl (C=O) groups excluding carboxylic acids is 1. The fourth-order valence-corrected chi connectivity index (χ4v) is 5.62. The lowest BCUT2D eigenvalue weighted by Crippen LogP contribution is -2.45. The van der Waals surface area contributed by atoms with E-state index < -0.39 is 14.9 Å². The Morgan fingerprint density at radius 2 is 1.76 bits per heavy atom. The molecule has 0 N–H and O–H groups in total. The zero-order chi connectivity index (χ0) is 21.2. The first kappa shape index (κ1) is 21.5. The second-order valence-electron chi connectivity index (χ2n) is 7.72. The molecule has 2 aliphatic rings. The second-order valence-corrected chi connectivity index (χ2v) is 9.66. The largest absolute Gasteiger partial charge is 0.366 e. The molecule has 0 unspecified atom stereocenters. The maximum absolute atomic E-state index is 12.9. The lowest BCUT2D eigenvalue weighted by Gasteiger charge is -2.37. The molecule has 0 aliphatic carbocycles. The standard InChI is InChI=1S/C19H28N4O5S/c1-15(24)20(2)16-8-12-21(13-9-16)18-7-6-17(14-19(18)23(25)26)29(27,28)22-10-4-3-5-11-22/h6-7,14,16H,3-5,8-13H2,1-2H3. The van der Waals surface area contributed by atoms with Gasteiger partial charge in [-0.05, 0) is 37.8 Å². The molecule has 0 saturated carbocycles. The van der Waals surface area contributed by atoms with E-state index in [1.54, 1.807) is 18.0 Å². The van der Waals surface area contributed by atoms with Crippen LogP contribution in [0.5, 0.6) is 0 Å². The van der Waals surface area contributed by atoms with Gasteiger partial charge in [0.2, 0.25) is 15.9 Å². The van der Waals surface area contributed by atoms with E-state index in [2.05, 4.69) is 0 Å².